The average molecular weight is 405 g/mol. The standard InChI is InChI=1S/C22H16FN3O2S/c23-16-7-5-14(6-8-16)20(27)25-22(29)24-17-9-11-18(12-10-17)26-13-15-3-1-2-4-19(15)21(26)28/h1-12H,13H2,(H2,24,25,27,29). The van der Waals surface area contributed by atoms with Gasteiger partial charge in [0.1, 0.15) is 5.82 Å². The molecule has 5 nitrogen and oxygen atoms in total. The van der Waals surface area contributed by atoms with Gasteiger partial charge in [0.15, 0.2) is 5.11 Å². The predicted molar refractivity (Wildman–Crippen MR) is 113 cm³/mol. The topological polar surface area (TPSA) is 61.4 Å². The maximum Gasteiger partial charge on any atom is 0.258 e. The molecule has 4 rings (SSSR count). The first-order valence-electron chi connectivity index (χ1n) is 8.89. The molecule has 0 fully saturated rings. The Balaban J connectivity index is 1.38. The fourth-order valence-electron chi connectivity index (χ4n) is 3.13. The molecule has 0 radical (unpaired) electrons. The molecule has 7 heteroatoms. The molecule has 0 atom stereocenters. The highest BCUT2D eigenvalue weighted by Gasteiger charge is 2.27. The maximum atomic E-state index is 13.0. The first kappa shape index (κ1) is 18.8. The van der Waals surface area contributed by atoms with Gasteiger partial charge in [-0.15, -0.1) is 0 Å². The van der Waals surface area contributed by atoms with Crippen LogP contribution < -0.4 is 15.5 Å². The van der Waals surface area contributed by atoms with Crippen molar-refractivity contribution >= 4 is 40.5 Å². The molecule has 0 spiro atoms. The van der Waals surface area contributed by atoms with E-state index in [2.05, 4.69) is 10.6 Å². The van der Waals surface area contributed by atoms with Crippen LogP contribution in [0.25, 0.3) is 0 Å². The number of anilines is 2. The SMILES string of the molecule is O=C(NC(=S)Nc1ccc(N2Cc3ccccc3C2=O)cc1)c1ccc(F)cc1. The number of fused-ring (bicyclic) bond motifs is 1. The zero-order valence-corrected chi connectivity index (χ0v) is 16.0. The molecule has 3 aromatic carbocycles. The molecule has 2 N–H and O–H groups in total. The average Bonchev–Trinajstić information content (AvgIpc) is 3.06. The van der Waals surface area contributed by atoms with Crippen molar-refractivity contribution in [1.82, 2.24) is 5.32 Å². The number of thiocarbonyl (C=S) groups is 1. The molecule has 1 heterocycles. The predicted octanol–water partition coefficient (Wildman–Crippen LogP) is 4.11. The van der Waals surface area contributed by atoms with Gasteiger partial charge in [-0.2, -0.15) is 0 Å². The van der Waals surface area contributed by atoms with E-state index in [0.717, 1.165) is 16.8 Å². The Bertz CT molecular complexity index is 1100. The lowest BCUT2D eigenvalue weighted by molar-refractivity contribution is 0.0974. The summed E-state index contributed by atoms with van der Waals surface area (Å²) in [6, 6.07) is 19.9. The van der Waals surface area contributed by atoms with Crippen molar-refractivity contribution in [3.05, 3.63) is 95.3 Å². The summed E-state index contributed by atoms with van der Waals surface area (Å²) in [7, 11) is 0. The Labute approximate surface area is 172 Å². The minimum atomic E-state index is -0.431. The molecule has 144 valence electrons. The van der Waals surface area contributed by atoms with Gasteiger partial charge in [-0.1, -0.05) is 18.2 Å². The highest BCUT2D eigenvalue weighted by Crippen LogP contribution is 2.28. The highest BCUT2D eigenvalue weighted by molar-refractivity contribution is 7.80. The lowest BCUT2D eigenvalue weighted by atomic mass is 10.1. The number of nitrogens with zero attached hydrogens (tertiary/aromatic N) is 1. The molecule has 29 heavy (non-hydrogen) atoms. The van der Waals surface area contributed by atoms with Gasteiger partial charge in [0, 0.05) is 22.5 Å². The summed E-state index contributed by atoms with van der Waals surface area (Å²) < 4.78 is 13.0. The first-order chi connectivity index (χ1) is 14.0. The van der Waals surface area contributed by atoms with E-state index < -0.39 is 11.7 Å². The van der Waals surface area contributed by atoms with Crippen LogP contribution in [-0.2, 0) is 6.54 Å². The summed E-state index contributed by atoms with van der Waals surface area (Å²) in [5.74, 6) is -0.870. The largest absolute Gasteiger partial charge is 0.332 e. The van der Waals surface area contributed by atoms with Crippen LogP contribution in [0.1, 0.15) is 26.3 Å². The summed E-state index contributed by atoms with van der Waals surface area (Å²) in [5.41, 5.74) is 3.47. The minimum absolute atomic E-state index is 0.0246. The number of rotatable bonds is 3. The number of hydrogen-bond acceptors (Lipinski definition) is 3. The lowest BCUT2D eigenvalue weighted by Gasteiger charge is -2.16. The van der Waals surface area contributed by atoms with Gasteiger partial charge in [-0.25, -0.2) is 4.39 Å². The zero-order chi connectivity index (χ0) is 20.4. The quantitative estimate of drug-likeness (QED) is 0.644. The van der Waals surface area contributed by atoms with Crippen molar-refractivity contribution in [2.24, 2.45) is 0 Å². The second-order valence-corrected chi connectivity index (χ2v) is 6.92. The molecule has 0 saturated carbocycles. The number of carbonyl (C=O) groups is 2. The molecule has 1 aliphatic rings. The second-order valence-electron chi connectivity index (χ2n) is 6.51. The molecular formula is C22H16FN3O2S. The third kappa shape index (κ3) is 4.00. The van der Waals surface area contributed by atoms with E-state index in [-0.39, 0.29) is 11.0 Å². The smallest absolute Gasteiger partial charge is 0.258 e. The van der Waals surface area contributed by atoms with E-state index in [0.29, 0.717) is 17.8 Å². The van der Waals surface area contributed by atoms with Gasteiger partial charge in [0.05, 0.1) is 6.54 Å². The van der Waals surface area contributed by atoms with Crippen LogP contribution in [0.5, 0.6) is 0 Å². The fourth-order valence-corrected chi connectivity index (χ4v) is 3.34. The fraction of sp³-hybridized carbons (Fsp3) is 0.0455. The van der Waals surface area contributed by atoms with Crippen molar-refractivity contribution in [2.75, 3.05) is 10.2 Å². The number of carbonyl (C=O) groups excluding carboxylic acids is 2. The molecule has 0 aromatic heterocycles. The monoisotopic (exact) mass is 405 g/mol. The highest BCUT2D eigenvalue weighted by atomic mass is 32.1. The number of hydrogen-bond donors (Lipinski definition) is 2. The van der Waals surface area contributed by atoms with E-state index >= 15 is 0 Å². The normalized spacial score (nSPS) is 12.4. The Morgan fingerprint density at radius 1 is 0.966 bits per heavy atom. The van der Waals surface area contributed by atoms with E-state index in [1.165, 1.54) is 24.3 Å². The van der Waals surface area contributed by atoms with Crippen LogP contribution >= 0.6 is 12.2 Å². The van der Waals surface area contributed by atoms with Crippen LogP contribution in [0.15, 0.2) is 72.8 Å². The molecule has 0 aliphatic carbocycles. The summed E-state index contributed by atoms with van der Waals surface area (Å²) in [4.78, 5) is 26.4. The summed E-state index contributed by atoms with van der Waals surface area (Å²) in [6.07, 6.45) is 0. The second kappa shape index (κ2) is 7.81. The van der Waals surface area contributed by atoms with Crippen molar-refractivity contribution < 1.29 is 14.0 Å². The molecular weight excluding hydrogens is 389 g/mol. The summed E-state index contributed by atoms with van der Waals surface area (Å²) in [5, 5.41) is 5.59. The van der Waals surface area contributed by atoms with Gasteiger partial charge >= 0.3 is 0 Å². The first-order valence-corrected chi connectivity index (χ1v) is 9.30. The van der Waals surface area contributed by atoms with Crippen LogP contribution in [0, 0.1) is 5.82 Å². The summed E-state index contributed by atoms with van der Waals surface area (Å²) >= 11 is 5.16. The van der Waals surface area contributed by atoms with Crippen LogP contribution in [0.4, 0.5) is 15.8 Å². The third-order valence-electron chi connectivity index (χ3n) is 4.59. The Hall–Kier alpha value is -3.58. The lowest BCUT2D eigenvalue weighted by Crippen LogP contribution is -2.34. The Morgan fingerprint density at radius 2 is 1.66 bits per heavy atom. The maximum absolute atomic E-state index is 13.0. The Kier molecular flexibility index (Phi) is 5.05. The van der Waals surface area contributed by atoms with Gasteiger partial charge in [0.2, 0.25) is 0 Å². The van der Waals surface area contributed by atoms with Gasteiger partial charge < -0.3 is 10.2 Å². The minimum Gasteiger partial charge on any atom is -0.332 e. The Morgan fingerprint density at radius 3 is 2.34 bits per heavy atom. The number of halogens is 1. The number of nitrogens with one attached hydrogen (secondary N) is 2. The van der Waals surface area contributed by atoms with Crippen molar-refractivity contribution in [3.8, 4) is 0 Å². The van der Waals surface area contributed by atoms with E-state index in [1.807, 2.05) is 36.4 Å². The van der Waals surface area contributed by atoms with E-state index in [9.17, 15) is 14.0 Å². The molecule has 1 aliphatic heterocycles. The molecule has 0 unspecified atom stereocenters. The van der Waals surface area contributed by atoms with Crippen LogP contribution in [-0.4, -0.2) is 16.9 Å². The van der Waals surface area contributed by atoms with E-state index in [4.69, 9.17) is 12.2 Å². The number of amides is 2. The van der Waals surface area contributed by atoms with Crippen molar-refractivity contribution in [2.45, 2.75) is 6.54 Å². The van der Waals surface area contributed by atoms with Crippen molar-refractivity contribution in [3.63, 3.8) is 0 Å². The van der Waals surface area contributed by atoms with E-state index in [1.54, 1.807) is 17.0 Å². The van der Waals surface area contributed by atoms with Gasteiger partial charge in [-0.3, -0.25) is 14.9 Å². The van der Waals surface area contributed by atoms with Crippen LogP contribution in [0.3, 0.4) is 0 Å². The third-order valence-corrected chi connectivity index (χ3v) is 4.80. The van der Waals surface area contributed by atoms with Crippen LogP contribution in [0.2, 0.25) is 0 Å². The van der Waals surface area contributed by atoms with Gasteiger partial charge in [0.25, 0.3) is 11.8 Å². The molecule has 0 saturated heterocycles. The number of benzene rings is 3. The molecule has 3 aromatic rings. The zero-order valence-electron chi connectivity index (χ0n) is 15.2. The molecule has 2 amide bonds. The summed E-state index contributed by atoms with van der Waals surface area (Å²) in [6.45, 7) is 0.536. The molecule has 0 bridgehead atoms. The van der Waals surface area contributed by atoms with Crippen molar-refractivity contribution in [1.29, 1.82) is 0 Å². The van der Waals surface area contributed by atoms with Gasteiger partial charge in [-0.05, 0) is 72.4 Å².